The predicted octanol–water partition coefficient (Wildman–Crippen LogP) is 2.62. The number of ether oxygens (including phenoxy) is 1. The Labute approximate surface area is 110 Å². The molecule has 98 valence electrons. The lowest BCUT2D eigenvalue weighted by Crippen LogP contribution is -2.20. The van der Waals surface area contributed by atoms with Crippen molar-refractivity contribution < 1.29 is 14.5 Å². The van der Waals surface area contributed by atoms with Crippen LogP contribution in [-0.2, 0) is 16.0 Å². The number of halogens is 1. The van der Waals surface area contributed by atoms with Crippen molar-refractivity contribution in [3.8, 4) is 0 Å². The zero-order chi connectivity index (χ0) is 13.7. The van der Waals surface area contributed by atoms with E-state index in [1.807, 2.05) is 6.92 Å². The van der Waals surface area contributed by atoms with Gasteiger partial charge in [0.05, 0.1) is 11.5 Å². The molecule has 1 aromatic carbocycles. The van der Waals surface area contributed by atoms with Crippen LogP contribution in [-0.4, -0.2) is 22.9 Å². The van der Waals surface area contributed by atoms with E-state index in [4.69, 9.17) is 16.3 Å². The number of aryl methyl sites for hydroxylation is 1. The summed E-state index contributed by atoms with van der Waals surface area (Å²) in [6.07, 6.45) is 0.216. The van der Waals surface area contributed by atoms with Gasteiger partial charge in [-0.15, -0.1) is 11.6 Å². The van der Waals surface area contributed by atoms with Gasteiger partial charge < -0.3 is 4.74 Å². The molecule has 1 rings (SSSR count). The minimum atomic E-state index is -0.828. The third kappa shape index (κ3) is 3.70. The first-order valence-electron chi connectivity index (χ1n) is 5.50. The van der Waals surface area contributed by atoms with Crippen molar-refractivity contribution in [3.05, 3.63) is 39.4 Å². The van der Waals surface area contributed by atoms with Crippen molar-refractivity contribution in [2.75, 3.05) is 6.61 Å². The van der Waals surface area contributed by atoms with Gasteiger partial charge in [-0.2, -0.15) is 0 Å². The molecule has 0 N–H and O–H groups in total. The van der Waals surface area contributed by atoms with Crippen LogP contribution in [0.5, 0.6) is 0 Å². The van der Waals surface area contributed by atoms with E-state index >= 15 is 0 Å². The second kappa shape index (κ2) is 6.35. The largest absolute Gasteiger partial charge is 0.465 e. The molecule has 0 fully saturated rings. The Bertz CT molecular complexity index is 461. The molecular formula is C12H14ClNO4. The number of carbonyl (C=O) groups excluding carboxylic acids is 1. The Morgan fingerprint density at radius 2 is 2.22 bits per heavy atom. The van der Waals surface area contributed by atoms with E-state index in [0.717, 1.165) is 5.56 Å². The fourth-order valence-corrected chi connectivity index (χ4v) is 1.73. The van der Waals surface area contributed by atoms with E-state index in [1.165, 1.54) is 12.1 Å². The van der Waals surface area contributed by atoms with Crippen molar-refractivity contribution in [2.45, 2.75) is 25.6 Å². The summed E-state index contributed by atoms with van der Waals surface area (Å²) in [5, 5.41) is 9.84. The van der Waals surface area contributed by atoms with Crippen LogP contribution < -0.4 is 0 Å². The summed E-state index contributed by atoms with van der Waals surface area (Å²) >= 11 is 5.90. The summed E-state index contributed by atoms with van der Waals surface area (Å²) in [4.78, 5) is 21.6. The third-order valence-electron chi connectivity index (χ3n) is 2.49. The van der Waals surface area contributed by atoms with Crippen LogP contribution in [0.25, 0.3) is 0 Å². The minimum absolute atomic E-state index is 0.0108. The molecule has 0 aliphatic rings. The van der Waals surface area contributed by atoms with Gasteiger partial charge in [-0.05, 0) is 31.4 Å². The van der Waals surface area contributed by atoms with Crippen molar-refractivity contribution in [2.24, 2.45) is 0 Å². The van der Waals surface area contributed by atoms with Gasteiger partial charge in [0.2, 0.25) is 0 Å². The average Bonchev–Trinajstić information content (AvgIpc) is 2.31. The summed E-state index contributed by atoms with van der Waals surface area (Å²) < 4.78 is 4.79. The monoisotopic (exact) mass is 271 g/mol. The summed E-state index contributed by atoms with van der Waals surface area (Å²) in [5.41, 5.74) is 1.52. The number of carbonyl (C=O) groups is 1. The summed E-state index contributed by atoms with van der Waals surface area (Å²) in [6.45, 7) is 3.77. The molecule has 0 amide bonds. The standard InChI is InChI=1S/C12H14ClNO4/c1-3-18-12(15)11(13)7-9-6-10(14(16)17)5-4-8(9)2/h4-6,11H,3,7H2,1-2H3. The van der Waals surface area contributed by atoms with Crippen molar-refractivity contribution in [1.82, 2.24) is 0 Å². The molecule has 0 aliphatic carbocycles. The molecule has 0 aromatic heterocycles. The van der Waals surface area contributed by atoms with Crippen LogP contribution in [0.4, 0.5) is 5.69 Å². The molecule has 18 heavy (non-hydrogen) atoms. The topological polar surface area (TPSA) is 69.4 Å². The number of nitro benzene ring substituents is 1. The number of benzene rings is 1. The predicted molar refractivity (Wildman–Crippen MR) is 67.8 cm³/mol. The maximum absolute atomic E-state index is 11.4. The van der Waals surface area contributed by atoms with Crippen molar-refractivity contribution >= 4 is 23.3 Å². The fraction of sp³-hybridized carbons (Fsp3) is 0.417. The average molecular weight is 272 g/mol. The highest BCUT2D eigenvalue weighted by molar-refractivity contribution is 6.30. The van der Waals surface area contributed by atoms with Crippen LogP contribution in [0.3, 0.4) is 0 Å². The van der Waals surface area contributed by atoms with Crippen LogP contribution in [0.15, 0.2) is 18.2 Å². The smallest absolute Gasteiger partial charge is 0.324 e. The second-order valence-electron chi connectivity index (χ2n) is 3.79. The Hall–Kier alpha value is -1.62. The first-order chi connectivity index (χ1) is 8.45. The Kier molecular flexibility index (Phi) is 5.09. The number of nitrogens with zero attached hydrogens (tertiary/aromatic N) is 1. The number of nitro groups is 1. The van der Waals surface area contributed by atoms with Gasteiger partial charge in [0.1, 0.15) is 5.38 Å². The highest BCUT2D eigenvalue weighted by atomic mass is 35.5. The molecular weight excluding hydrogens is 258 g/mol. The van der Waals surface area contributed by atoms with E-state index in [9.17, 15) is 14.9 Å². The Balaban J connectivity index is 2.86. The summed E-state index contributed by atoms with van der Waals surface area (Å²) in [7, 11) is 0. The zero-order valence-corrected chi connectivity index (χ0v) is 10.9. The molecule has 0 saturated heterocycles. The third-order valence-corrected chi connectivity index (χ3v) is 2.82. The molecule has 5 nitrogen and oxygen atoms in total. The maximum Gasteiger partial charge on any atom is 0.324 e. The molecule has 6 heteroatoms. The minimum Gasteiger partial charge on any atom is -0.465 e. The molecule has 0 radical (unpaired) electrons. The molecule has 1 unspecified atom stereocenters. The van der Waals surface area contributed by atoms with Crippen LogP contribution >= 0.6 is 11.6 Å². The molecule has 1 atom stereocenters. The van der Waals surface area contributed by atoms with Gasteiger partial charge in [-0.3, -0.25) is 14.9 Å². The van der Waals surface area contributed by atoms with Gasteiger partial charge in [0, 0.05) is 12.1 Å². The number of rotatable bonds is 5. The second-order valence-corrected chi connectivity index (χ2v) is 4.32. The highest BCUT2D eigenvalue weighted by Crippen LogP contribution is 2.20. The zero-order valence-electron chi connectivity index (χ0n) is 10.2. The van der Waals surface area contributed by atoms with Gasteiger partial charge in [0.15, 0.2) is 0 Å². The number of non-ortho nitro benzene ring substituents is 1. The molecule has 0 heterocycles. The van der Waals surface area contributed by atoms with Crippen LogP contribution in [0.1, 0.15) is 18.1 Å². The first kappa shape index (κ1) is 14.4. The van der Waals surface area contributed by atoms with E-state index in [0.29, 0.717) is 5.56 Å². The highest BCUT2D eigenvalue weighted by Gasteiger charge is 2.19. The number of esters is 1. The number of hydrogen-bond acceptors (Lipinski definition) is 4. The lowest BCUT2D eigenvalue weighted by atomic mass is 10.0. The fourth-order valence-electron chi connectivity index (χ4n) is 1.50. The lowest BCUT2D eigenvalue weighted by molar-refractivity contribution is -0.384. The van der Waals surface area contributed by atoms with E-state index < -0.39 is 16.3 Å². The Morgan fingerprint density at radius 3 is 2.78 bits per heavy atom. The Morgan fingerprint density at radius 1 is 1.56 bits per heavy atom. The quantitative estimate of drug-likeness (QED) is 0.357. The number of alkyl halides is 1. The normalized spacial score (nSPS) is 11.9. The lowest BCUT2D eigenvalue weighted by Gasteiger charge is -2.10. The molecule has 0 spiro atoms. The van der Waals surface area contributed by atoms with Crippen molar-refractivity contribution in [1.29, 1.82) is 0 Å². The van der Waals surface area contributed by atoms with Gasteiger partial charge in [0.25, 0.3) is 5.69 Å². The summed E-state index contributed by atoms with van der Waals surface area (Å²) in [6, 6.07) is 4.50. The van der Waals surface area contributed by atoms with Crippen LogP contribution in [0.2, 0.25) is 0 Å². The van der Waals surface area contributed by atoms with Crippen molar-refractivity contribution in [3.63, 3.8) is 0 Å². The first-order valence-corrected chi connectivity index (χ1v) is 5.94. The van der Waals surface area contributed by atoms with E-state index in [1.54, 1.807) is 13.0 Å². The molecule has 1 aromatic rings. The number of hydrogen-bond donors (Lipinski definition) is 0. The molecule has 0 saturated carbocycles. The maximum atomic E-state index is 11.4. The molecule has 0 bridgehead atoms. The van der Waals surface area contributed by atoms with Crippen LogP contribution in [0, 0.1) is 17.0 Å². The molecule has 0 aliphatic heterocycles. The SMILES string of the molecule is CCOC(=O)C(Cl)Cc1cc([N+](=O)[O-])ccc1C. The van der Waals surface area contributed by atoms with Gasteiger partial charge in [-0.1, -0.05) is 6.07 Å². The van der Waals surface area contributed by atoms with E-state index in [2.05, 4.69) is 0 Å². The summed E-state index contributed by atoms with van der Waals surface area (Å²) in [5.74, 6) is -0.509. The van der Waals surface area contributed by atoms with Gasteiger partial charge in [-0.25, -0.2) is 0 Å². The van der Waals surface area contributed by atoms with E-state index in [-0.39, 0.29) is 18.7 Å². The van der Waals surface area contributed by atoms with Gasteiger partial charge >= 0.3 is 5.97 Å².